The number of rotatable bonds is 6. The van der Waals surface area contributed by atoms with Crippen molar-refractivity contribution in [3.8, 4) is 5.75 Å². The lowest BCUT2D eigenvalue weighted by Gasteiger charge is -2.50. The number of primary amides is 1. The molecule has 0 aromatic heterocycles. The van der Waals surface area contributed by atoms with E-state index in [2.05, 4.69) is 5.32 Å². The molecule has 1 aromatic rings. The Labute approximate surface area is 240 Å². The number of alkyl halides is 3. The number of phenols is 1. The number of Topliss-reactive ketones (excluding diaryl/α,β-unsaturated/α-hetero) is 2. The molecular formula is C30H35F3N2O7. The Morgan fingerprint density at radius 2 is 1.90 bits per heavy atom. The summed E-state index contributed by atoms with van der Waals surface area (Å²) in [6.45, 7) is 4.17. The van der Waals surface area contributed by atoms with Crippen LogP contribution in [-0.4, -0.2) is 50.0 Å². The first kappa shape index (κ1) is 30.1. The Hall–Kier alpha value is -3.38. The molecule has 42 heavy (non-hydrogen) atoms. The van der Waals surface area contributed by atoms with Crippen LogP contribution in [0.3, 0.4) is 0 Å². The third-order valence-electron chi connectivity index (χ3n) is 9.69. The lowest BCUT2D eigenvalue weighted by atomic mass is 9.53. The van der Waals surface area contributed by atoms with Crippen LogP contribution in [0.25, 0.3) is 5.76 Å². The fraction of sp³-hybridized carbons (Fsp3) is 0.567. The zero-order valence-corrected chi connectivity index (χ0v) is 23.3. The second-order valence-corrected chi connectivity index (χ2v) is 11.9. The van der Waals surface area contributed by atoms with Crippen LogP contribution in [0.4, 0.5) is 13.2 Å². The fourth-order valence-electron chi connectivity index (χ4n) is 7.93. The van der Waals surface area contributed by atoms with Crippen molar-refractivity contribution >= 4 is 23.2 Å². The molecule has 1 saturated carbocycles. The Bertz CT molecular complexity index is 1430. The maximum Gasteiger partial charge on any atom is 0.417 e. The van der Waals surface area contributed by atoms with Crippen molar-refractivity contribution in [1.29, 1.82) is 0 Å². The number of aliphatic hydroxyl groups is 3. The number of hydrogen-bond donors (Lipinski definition) is 6. The number of halogens is 3. The van der Waals surface area contributed by atoms with E-state index in [1.807, 2.05) is 6.92 Å². The zero-order valence-electron chi connectivity index (χ0n) is 23.3. The normalized spacial score (nSPS) is 30.2. The Morgan fingerprint density at radius 3 is 2.45 bits per heavy atom. The fourth-order valence-corrected chi connectivity index (χ4v) is 7.93. The van der Waals surface area contributed by atoms with Gasteiger partial charge < -0.3 is 31.5 Å². The molecular weight excluding hydrogens is 557 g/mol. The van der Waals surface area contributed by atoms with Crippen molar-refractivity contribution in [3.63, 3.8) is 0 Å². The van der Waals surface area contributed by atoms with Crippen molar-refractivity contribution in [2.45, 2.75) is 76.6 Å². The van der Waals surface area contributed by atoms with Gasteiger partial charge in [-0.05, 0) is 61.3 Å². The van der Waals surface area contributed by atoms with Gasteiger partial charge in [-0.1, -0.05) is 33.1 Å². The Morgan fingerprint density at radius 1 is 1.21 bits per heavy atom. The highest BCUT2D eigenvalue weighted by Gasteiger charge is 2.64. The molecule has 7 N–H and O–H groups in total. The molecule has 1 saturated heterocycles. The van der Waals surface area contributed by atoms with Gasteiger partial charge in [0.25, 0.3) is 5.91 Å². The van der Waals surface area contributed by atoms with Gasteiger partial charge in [-0.2, -0.15) is 13.2 Å². The molecule has 5 rings (SSSR count). The number of carbonyl (C=O) groups is 3. The van der Waals surface area contributed by atoms with Crippen LogP contribution in [0.2, 0.25) is 0 Å². The summed E-state index contributed by atoms with van der Waals surface area (Å²) in [4.78, 5) is 40.0. The summed E-state index contributed by atoms with van der Waals surface area (Å²) in [5.41, 5.74) is -0.862. The highest BCUT2D eigenvalue weighted by Crippen LogP contribution is 2.57. The number of fused-ring (bicyclic) bond motifs is 3. The van der Waals surface area contributed by atoms with Crippen LogP contribution in [0.1, 0.15) is 80.7 Å². The van der Waals surface area contributed by atoms with E-state index in [-0.39, 0.29) is 17.5 Å². The van der Waals surface area contributed by atoms with Crippen LogP contribution >= 0.6 is 0 Å². The highest BCUT2D eigenvalue weighted by atomic mass is 19.4. The van der Waals surface area contributed by atoms with Gasteiger partial charge in [0.15, 0.2) is 11.4 Å². The van der Waals surface area contributed by atoms with Crippen molar-refractivity contribution in [1.82, 2.24) is 5.32 Å². The molecule has 9 nitrogen and oxygen atoms in total. The summed E-state index contributed by atoms with van der Waals surface area (Å²) >= 11 is 0. The smallest absolute Gasteiger partial charge is 0.417 e. The molecule has 228 valence electrons. The quantitative estimate of drug-likeness (QED) is 0.270. The van der Waals surface area contributed by atoms with E-state index < -0.39 is 105 Å². The number of nitrogens with one attached hydrogen (secondary N) is 1. The second-order valence-electron chi connectivity index (χ2n) is 11.9. The van der Waals surface area contributed by atoms with E-state index in [0.29, 0.717) is 38.6 Å². The minimum Gasteiger partial charge on any atom is -0.508 e. The molecule has 1 heterocycles. The SMILES string of the molecule is CCC[C@@H](CC)C1C(=O)C(C(N)=O)=C(O)[C@@]2(O)C(=O)C3=C(O)c4c(O)cc(C5CCCN5)c(C(F)(F)F)c4C[C@H]3C[C@@H]12. The first-order valence-electron chi connectivity index (χ1n) is 14.4. The Balaban J connectivity index is 1.75. The largest absolute Gasteiger partial charge is 0.508 e. The van der Waals surface area contributed by atoms with Gasteiger partial charge in [0.2, 0.25) is 5.78 Å². The summed E-state index contributed by atoms with van der Waals surface area (Å²) in [7, 11) is 0. The number of nitrogens with two attached hydrogens (primary N) is 1. The third-order valence-corrected chi connectivity index (χ3v) is 9.69. The Kier molecular flexibility index (Phi) is 7.46. The van der Waals surface area contributed by atoms with E-state index in [9.17, 15) is 48.0 Å². The van der Waals surface area contributed by atoms with Gasteiger partial charge in [0, 0.05) is 23.5 Å². The first-order chi connectivity index (χ1) is 19.7. The number of hydrogen-bond acceptors (Lipinski definition) is 8. The molecule has 4 aliphatic rings. The molecule has 1 aromatic carbocycles. The van der Waals surface area contributed by atoms with Gasteiger partial charge in [0.1, 0.15) is 22.8 Å². The number of carbonyl (C=O) groups excluding carboxylic acids is 3. The molecule has 0 bridgehead atoms. The minimum absolute atomic E-state index is 0.155. The van der Waals surface area contributed by atoms with E-state index >= 15 is 0 Å². The molecule has 0 radical (unpaired) electrons. The number of amides is 1. The predicted molar refractivity (Wildman–Crippen MR) is 144 cm³/mol. The molecule has 3 aliphatic carbocycles. The van der Waals surface area contributed by atoms with Gasteiger partial charge in [0.05, 0.1) is 11.1 Å². The maximum absolute atomic E-state index is 14.7. The third kappa shape index (κ3) is 4.24. The van der Waals surface area contributed by atoms with E-state index in [0.717, 1.165) is 6.07 Å². The lowest BCUT2D eigenvalue weighted by molar-refractivity contribution is -0.156. The van der Waals surface area contributed by atoms with Crippen LogP contribution in [0.5, 0.6) is 5.75 Å². The van der Waals surface area contributed by atoms with E-state index in [1.165, 1.54) is 0 Å². The summed E-state index contributed by atoms with van der Waals surface area (Å²) in [6.07, 6.45) is -2.93. The molecule has 2 unspecified atom stereocenters. The molecule has 1 aliphatic heterocycles. The van der Waals surface area contributed by atoms with Gasteiger partial charge in [-0.25, -0.2) is 0 Å². The summed E-state index contributed by atoms with van der Waals surface area (Å²) in [5, 5.41) is 48.2. The van der Waals surface area contributed by atoms with Crippen LogP contribution in [0, 0.1) is 23.7 Å². The van der Waals surface area contributed by atoms with Gasteiger partial charge >= 0.3 is 6.18 Å². The van der Waals surface area contributed by atoms with Crippen molar-refractivity contribution < 1.29 is 48.0 Å². The molecule has 12 heteroatoms. The lowest BCUT2D eigenvalue weighted by Crippen LogP contribution is -2.62. The molecule has 6 atom stereocenters. The molecule has 2 fully saturated rings. The zero-order chi connectivity index (χ0) is 30.9. The van der Waals surface area contributed by atoms with Crippen LogP contribution < -0.4 is 11.1 Å². The average molecular weight is 593 g/mol. The second kappa shape index (κ2) is 10.4. The van der Waals surface area contributed by atoms with E-state index in [1.54, 1.807) is 6.92 Å². The number of benzene rings is 1. The van der Waals surface area contributed by atoms with Crippen molar-refractivity contribution in [2.75, 3.05) is 6.54 Å². The summed E-state index contributed by atoms with van der Waals surface area (Å²) < 4.78 is 44.0. The predicted octanol–water partition coefficient (Wildman–Crippen LogP) is 3.92. The van der Waals surface area contributed by atoms with Crippen LogP contribution in [0.15, 0.2) is 23.0 Å². The first-order valence-corrected chi connectivity index (χ1v) is 14.4. The summed E-state index contributed by atoms with van der Waals surface area (Å²) in [5.74, 6) is -10.1. The van der Waals surface area contributed by atoms with Gasteiger partial charge in [-0.15, -0.1) is 0 Å². The minimum atomic E-state index is -4.86. The number of phenolic OH excluding ortho intramolecular Hbond substituents is 1. The highest BCUT2D eigenvalue weighted by molar-refractivity contribution is 6.23. The summed E-state index contributed by atoms with van der Waals surface area (Å²) in [6, 6.07) is 0.276. The molecule has 1 amide bonds. The van der Waals surface area contributed by atoms with E-state index in [4.69, 9.17) is 5.73 Å². The number of aromatic hydroxyl groups is 1. The maximum atomic E-state index is 14.7. The number of ketones is 2. The van der Waals surface area contributed by atoms with Crippen molar-refractivity contribution in [2.24, 2.45) is 29.4 Å². The van der Waals surface area contributed by atoms with Crippen LogP contribution in [-0.2, 0) is 27.0 Å². The topological polar surface area (TPSA) is 170 Å². The standard InChI is InChI=1S/C30H35F3N2O7/c1-3-6-12(4-2)19-16-10-13-9-15-21(18(36)11-14(17-7-5-8-35-17)23(15)30(31,32)33)25(38)20(13)26(39)29(16,42)27(40)22(24(19)37)28(34)41/h11-13,16-17,19,35-36,38,40,42H,3-10H2,1-2H3,(H2,34,41)/t12-,13+,16+,17?,19?,29+/m1/s1. The molecule has 0 spiro atoms. The average Bonchev–Trinajstić information content (AvgIpc) is 3.44. The number of aliphatic hydroxyl groups excluding tert-OH is 2. The van der Waals surface area contributed by atoms with Crippen molar-refractivity contribution in [3.05, 3.63) is 45.2 Å². The monoisotopic (exact) mass is 592 g/mol. The van der Waals surface area contributed by atoms with Gasteiger partial charge in [-0.3, -0.25) is 14.4 Å².